The third-order valence-corrected chi connectivity index (χ3v) is 4.43. The SMILES string of the molecule is Nc1ccc(CCC(=O)c2ccc(C3CCC3)cc2)cc1. The van der Waals surface area contributed by atoms with Gasteiger partial charge in [0, 0.05) is 17.7 Å². The van der Waals surface area contributed by atoms with Crippen LogP contribution < -0.4 is 5.73 Å². The molecule has 0 heterocycles. The largest absolute Gasteiger partial charge is 0.399 e. The molecule has 2 nitrogen and oxygen atoms in total. The van der Waals surface area contributed by atoms with Crippen LogP contribution in [0.4, 0.5) is 5.69 Å². The number of anilines is 1. The Labute approximate surface area is 126 Å². The second kappa shape index (κ2) is 6.13. The number of hydrogen-bond acceptors (Lipinski definition) is 2. The number of carbonyl (C=O) groups excluding carboxylic acids is 1. The molecule has 0 radical (unpaired) electrons. The van der Waals surface area contributed by atoms with Gasteiger partial charge in [0.15, 0.2) is 5.78 Å². The summed E-state index contributed by atoms with van der Waals surface area (Å²) in [7, 11) is 0. The molecular formula is C19H21NO. The zero-order valence-electron chi connectivity index (χ0n) is 12.2. The second-order valence-corrected chi connectivity index (χ2v) is 5.91. The van der Waals surface area contributed by atoms with E-state index in [4.69, 9.17) is 5.73 Å². The van der Waals surface area contributed by atoms with Crippen LogP contribution in [0, 0.1) is 0 Å². The third-order valence-electron chi connectivity index (χ3n) is 4.43. The van der Waals surface area contributed by atoms with Crippen molar-refractivity contribution in [1.29, 1.82) is 0 Å². The molecule has 1 aliphatic rings. The van der Waals surface area contributed by atoms with Crippen molar-refractivity contribution in [1.82, 2.24) is 0 Å². The van der Waals surface area contributed by atoms with Crippen molar-refractivity contribution in [2.24, 2.45) is 0 Å². The van der Waals surface area contributed by atoms with Gasteiger partial charge in [0.2, 0.25) is 0 Å². The van der Waals surface area contributed by atoms with E-state index in [1.165, 1.54) is 24.8 Å². The Morgan fingerprint density at radius 1 is 1.00 bits per heavy atom. The maximum absolute atomic E-state index is 12.2. The van der Waals surface area contributed by atoms with E-state index in [0.717, 1.165) is 29.2 Å². The van der Waals surface area contributed by atoms with Gasteiger partial charge in [0.1, 0.15) is 0 Å². The van der Waals surface area contributed by atoms with Crippen molar-refractivity contribution in [3.63, 3.8) is 0 Å². The Morgan fingerprint density at radius 3 is 2.24 bits per heavy atom. The number of hydrogen-bond donors (Lipinski definition) is 1. The predicted molar refractivity (Wildman–Crippen MR) is 86.5 cm³/mol. The van der Waals surface area contributed by atoms with Crippen LogP contribution in [0.1, 0.15) is 53.1 Å². The molecule has 0 aromatic heterocycles. The predicted octanol–water partition coefficient (Wildman–Crippen LogP) is 4.35. The number of benzene rings is 2. The van der Waals surface area contributed by atoms with E-state index in [-0.39, 0.29) is 5.78 Å². The lowest BCUT2D eigenvalue weighted by molar-refractivity contribution is 0.0983. The Balaban J connectivity index is 1.58. The first-order valence-electron chi connectivity index (χ1n) is 7.70. The van der Waals surface area contributed by atoms with E-state index in [1.807, 2.05) is 36.4 Å². The molecule has 0 amide bonds. The smallest absolute Gasteiger partial charge is 0.163 e. The van der Waals surface area contributed by atoms with Crippen LogP contribution in [0.25, 0.3) is 0 Å². The molecule has 0 spiro atoms. The third kappa shape index (κ3) is 3.33. The molecule has 0 atom stereocenters. The molecule has 0 unspecified atom stereocenters. The molecule has 1 saturated carbocycles. The molecule has 1 fully saturated rings. The standard InChI is InChI=1S/C19H21NO/c20-18-11-4-14(5-12-18)6-13-19(21)17-9-7-16(8-10-17)15-2-1-3-15/h4-5,7-12,15H,1-3,6,13,20H2. The minimum Gasteiger partial charge on any atom is -0.399 e. The summed E-state index contributed by atoms with van der Waals surface area (Å²) >= 11 is 0. The molecule has 2 aromatic carbocycles. The lowest BCUT2D eigenvalue weighted by atomic mass is 9.80. The monoisotopic (exact) mass is 279 g/mol. The van der Waals surface area contributed by atoms with Gasteiger partial charge in [-0.2, -0.15) is 0 Å². The maximum Gasteiger partial charge on any atom is 0.163 e. The van der Waals surface area contributed by atoms with Gasteiger partial charge in [-0.3, -0.25) is 4.79 Å². The van der Waals surface area contributed by atoms with E-state index >= 15 is 0 Å². The average molecular weight is 279 g/mol. The average Bonchev–Trinajstić information content (AvgIpc) is 2.45. The first kappa shape index (κ1) is 13.9. The minimum absolute atomic E-state index is 0.215. The van der Waals surface area contributed by atoms with Crippen molar-refractivity contribution < 1.29 is 4.79 Å². The Bertz CT molecular complexity index is 609. The summed E-state index contributed by atoms with van der Waals surface area (Å²) in [5.74, 6) is 0.941. The van der Waals surface area contributed by atoms with Crippen LogP contribution in [0.3, 0.4) is 0 Å². The van der Waals surface area contributed by atoms with E-state index < -0.39 is 0 Å². The molecule has 2 heteroatoms. The lowest BCUT2D eigenvalue weighted by Gasteiger charge is -2.25. The summed E-state index contributed by atoms with van der Waals surface area (Å²) in [4.78, 5) is 12.2. The first-order valence-corrected chi connectivity index (χ1v) is 7.70. The van der Waals surface area contributed by atoms with Crippen LogP contribution in [0.5, 0.6) is 0 Å². The van der Waals surface area contributed by atoms with Gasteiger partial charge in [-0.25, -0.2) is 0 Å². The van der Waals surface area contributed by atoms with E-state index in [2.05, 4.69) is 12.1 Å². The highest BCUT2D eigenvalue weighted by Gasteiger charge is 2.19. The summed E-state index contributed by atoms with van der Waals surface area (Å²) < 4.78 is 0. The van der Waals surface area contributed by atoms with E-state index in [9.17, 15) is 4.79 Å². The zero-order valence-corrected chi connectivity index (χ0v) is 12.2. The van der Waals surface area contributed by atoms with Crippen LogP contribution in [-0.4, -0.2) is 5.78 Å². The molecule has 1 aliphatic carbocycles. The molecular weight excluding hydrogens is 258 g/mol. The fourth-order valence-electron chi connectivity index (χ4n) is 2.77. The number of aryl methyl sites for hydroxylation is 1. The summed E-state index contributed by atoms with van der Waals surface area (Å²) in [6, 6.07) is 16.0. The van der Waals surface area contributed by atoms with Crippen molar-refractivity contribution in [3.8, 4) is 0 Å². The fourth-order valence-corrected chi connectivity index (χ4v) is 2.77. The molecule has 2 N–H and O–H groups in total. The Morgan fingerprint density at radius 2 is 1.67 bits per heavy atom. The number of nitrogens with two attached hydrogens (primary N) is 1. The van der Waals surface area contributed by atoms with Gasteiger partial charge in [0.05, 0.1) is 0 Å². The number of rotatable bonds is 5. The fraction of sp³-hybridized carbons (Fsp3) is 0.316. The van der Waals surface area contributed by atoms with Gasteiger partial charge < -0.3 is 5.73 Å². The van der Waals surface area contributed by atoms with Crippen molar-refractivity contribution >= 4 is 11.5 Å². The van der Waals surface area contributed by atoms with Crippen LogP contribution >= 0.6 is 0 Å². The van der Waals surface area contributed by atoms with Crippen molar-refractivity contribution in [3.05, 3.63) is 65.2 Å². The number of nitrogen functional groups attached to an aromatic ring is 1. The summed E-state index contributed by atoms with van der Waals surface area (Å²) in [6.45, 7) is 0. The zero-order chi connectivity index (χ0) is 14.7. The van der Waals surface area contributed by atoms with Crippen LogP contribution in [0.2, 0.25) is 0 Å². The molecule has 0 bridgehead atoms. The maximum atomic E-state index is 12.2. The van der Waals surface area contributed by atoms with Crippen LogP contribution in [-0.2, 0) is 6.42 Å². The normalized spacial score (nSPS) is 14.7. The number of Topliss-reactive ketones (excluding diaryl/α,β-unsaturated/α-hetero) is 1. The molecule has 3 rings (SSSR count). The molecule has 0 saturated heterocycles. The summed E-state index contributed by atoms with van der Waals surface area (Å²) in [5.41, 5.74) is 9.79. The van der Waals surface area contributed by atoms with Gasteiger partial charge in [-0.15, -0.1) is 0 Å². The highest BCUT2D eigenvalue weighted by Crippen LogP contribution is 2.36. The summed E-state index contributed by atoms with van der Waals surface area (Å²) in [6.07, 6.45) is 5.25. The second-order valence-electron chi connectivity index (χ2n) is 5.91. The molecule has 108 valence electrons. The highest BCUT2D eigenvalue weighted by atomic mass is 16.1. The van der Waals surface area contributed by atoms with Crippen molar-refractivity contribution in [2.75, 3.05) is 5.73 Å². The highest BCUT2D eigenvalue weighted by molar-refractivity contribution is 5.96. The topological polar surface area (TPSA) is 43.1 Å². The van der Waals surface area contributed by atoms with Gasteiger partial charge >= 0.3 is 0 Å². The quantitative estimate of drug-likeness (QED) is 0.653. The molecule has 2 aromatic rings. The van der Waals surface area contributed by atoms with Crippen molar-refractivity contribution in [2.45, 2.75) is 38.0 Å². The minimum atomic E-state index is 0.215. The molecule has 21 heavy (non-hydrogen) atoms. The van der Waals surface area contributed by atoms with E-state index in [0.29, 0.717) is 6.42 Å². The van der Waals surface area contributed by atoms with Crippen LogP contribution in [0.15, 0.2) is 48.5 Å². The number of ketones is 1. The van der Waals surface area contributed by atoms with Gasteiger partial charge in [-0.05, 0) is 48.4 Å². The summed E-state index contributed by atoms with van der Waals surface area (Å²) in [5, 5.41) is 0. The Hall–Kier alpha value is -2.09. The molecule has 0 aliphatic heterocycles. The Kier molecular flexibility index (Phi) is 4.05. The van der Waals surface area contributed by atoms with Gasteiger partial charge in [0.25, 0.3) is 0 Å². The van der Waals surface area contributed by atoms with Gasteiger partial charge in [-0.1, -0.05) is 42.8 Å². The lowest BCUT2D eigenvalue weighted by Crippen LogP contribution is -2.09. The van der Waals surface area contributed by atoms with E-state index in [1.54, 1.807) is 0 Å². The number of carbonyl (C=O) groups is 1. The first-order chi connectivity index (χ1) is 10.2.